The van der Waals surface area contributed by atoms with Crippen LogP contribution < -0.4 is 0 Å². The number of carbonyl (C=O) groups excluding carboxylic acids is 1. The second-order valence-corrected chi connectivity index (χ2v) is 6.24. The summed E-state index contributed by atoms with van der Waals surface area (Å²) in [5.74, 6) is -0.822. The van der Waals surface area contributed by atoms with Crippen molar-refractivity contribution in [3.8, 4) is 0 Å². The molecule has 0 saturated carbocycles. The number of amides is 1. The highest BCUT2D eigenvalue weighted by atomic mass is 35.5. The third-order valence-corrected chi connectivity index (χ3v) is 4.73. The van der Waals surface area contributed by atoms with Crippen LogP contribution in [0.3, 0.4) is 0 Å². The minimum atomic E-state index is -4.57. The SMILES string of the molecule is COCCN1C(=O)c2c(cccc2C(F)(F)F)[C@H]2CN(Cl)C[C@@H]21. The zero-order valence-electron chi connectivity index (χ0n) is 12.4. The Bertz CT molecular complexity index is 623. The minimum Gasteiger partial charge on any atom is -0.383 e. The molecule has 2 aliphatic rings. The molecule has 0 unspecified atom stereocenters. The van der Waals surface area contributed by atoms with Crippen LogP contribution in [0.15, 0.2) is 18.2 Å². The van der Waals surface area contributed by atoms with E-state index in [9.17, 15) is 18.0 Å². The van der Waals surface area contributed by atoms with E-state index < -0.39 is 17.6 Å². The summed E-state index contributed by atoms with van der Waals surface area (Å²) in [7, 11) is 1.49. The quantitative estimate of drug-likeness (QED) is 0.787. The Labute approximate surface area is 136 Å². The van der Waals surface area contributed by atoms with Gasteiger partial charge in [0, 0.05) is 32.7 Å². The van der Waals surface area contributed by atoms with Gasteiger partial charge in [-0.15, -0.1) is 0 Å². The van der Waals surface area contributed by atoms with Crippen LogP contribution in [-0.2, 0) is 10.9 Å². The number of hydrogen-bond acceptors (Lipinski definition) is 3. The molecule has 1 aromatic rings. The van der Waals surface area contributed by atoms with Crippen molar-refractivity contribution in [3.05, 3.63) is 34.9 Å². The summed E-state index contributed by atoms with van der Waals surface area (Å²) in [6, 6.07) is 3.68. The van der Waals surface area contributed by atoms with Crippen molar-refractivity contribution in [2.24, 2.45) is 0 Å². The Morgan fingerprint density at radius 1 is 1.35 bits per heavy atom. The van der Waals surface area contributed by atoms with Crippen LogP contribution in [0.4, 0.5) is 13.2 Å². The molecule has 0 N–H and O–H groups in total. The van der Waals surface area contributed by atoms with Crippen molar-refractivity contribution in [3.63, 3.8) is 0 Å². The van der Waals surface area contributed by atoms with E-state index in [4.69, 9.17) is 16.5 Å². The van der Waals surface area contributed by atoms with Gasteiger partial charge in [-0.1, -0.05) is 12.1 Å². The van der Waals surface area contributed by atoms with Gasteiger partial charge in [0.05, 0.1) is 23.8 Å². The molecule has 1 fully saturated rings. The van der Waals surface area contributed by atoms with E-state index >= 15 is 0 Å². The second-order valence-electron chi connectivity index (χ2n) is 5.76. The number of carbonyl (C=O) groups is 1. The van der Waals surface area contributed by atoms with Crippen LogP contribution in [0, 0.1) is 0 Å². The number of rotatable bonds is 3. The molecule has 8 heteroatoms. The molecular formula is C15H16ClF3N2O2. The Morgan fingerprint density at radius 2 is 2.09 bits per heavy atom. The fraction of sp³-hybridized carbons (Fsp3) is 0.533. The predicted octanol–water partition coefficient (Wildman–Crippen LogP) is 2.73. The molecule has 0 aliphatic carbocycles. The third kappa shape index (κ3) is 2.81. The molecule has 1 aromatic carbocycles. The first-order chi connectivity index (χ1) is 10.8. The van der Waals surface area contributed by atoms with Gasteiger partial charge in [0.1, 0.15) is 0 Å². The lowest BCUT2D eigenvalue weighted by Gasteiger charge is -2.39. The zero-order valence-corrected chi connectivity index (χ0v) is 13.2. The highest BCUT2D eigenvalue weighted by molar-refractivity contribution is 6.13. The van der Waals surface area contributed by atoms with Gasteiger partial charge >= 0.3 is 6.18 Å². The van der Waals surface area contributed by atoms with Gasteiger partial charge in [-0.2, -0.15) is 13.2 Å². The van der Waals surface area contributed by atoms with E-state index in [0.717, 1.165) is 6.07 Å². The highest BCUT2D eigenvalue weighted by Gasteiger charge is 2.48. The number of methoxy groups -OCH3 is 1. The normalized spacial score (nSPS) is 24.7. The van der Waals surface area contributed by atoms with Crippen LogP contribution in [0.25, 0.3) is 0 Å². The molecule has 0 bridgehead atoms. The van der Waals surface area contributed by atoms with Crippen molar-refractivity contribution in [1.82, 2.24) is 9.32 Å². The molecule has 2 aliphatic heterocycles. The summed E-state index contributed by atoms with van der Waals surface area (Å²) in [6.07, 6.45) is -4.57. The molecule has 0 spiro atoms. The maximum absolute atomic E-state index is 13.3. The molecule has 0 aromatic heterocycles. The van der Waals surface area contributed by atoms with Crippen molar-refractivity contribution < 1.29 is 22.7 Å². The lowest BCUT2D eigenvalue weighted by molar-refractivity contribution is -0.138. The van der Waals surface area contributed by atoms with Crippen LogP contribution in [0.1, 0.15) is 27.4 Å². The second kappa shape index (κ2) is 5.96. The summed E-state index contributed by atoms with van der Waals surface area (Å²) in [5, 5.41) is 0. The van der Waals surface area contributed by atoms with E-state index in [1.807, 2.05) is 0 Å². The largest absolute Gasteiger partial charge is 0.417 e. The number of ether oxygens (including phenoxy) is 1. The average Bonchev–Trinajstić information content (AvgIpc) is 2.87. The monoisotopic (exact) mass is 348 g/mol. The smallest absolute Gasteiger partial charge is 0.383 e. The maximum atomic E-state index is 13.3. The predicted molar refractivity (Wildman–Crippen MR) is 78.3 cm³/mol. The Morgan fingerprint density at radius 3 is 2.74 bits per heavy atom. The molecule has 3 rings (SSSR count). The van der Waals surface area contributed by atoms with Crippen LogP contribution in [0.2, 0.25) is 0 Å². The maximum Gasteiger partial charge on any atom is 0.417 e. The number of benzene rings is 1. The summed E-state index contributed by atoms with van der Waals surface area (Å²) in [6.45, 7) is 1.35. The van der Waals surface area contributed by atoms with Gasteiger partial charge < -0.3 is 9.64 Å². The van der Waals surface area contributed by atoms with Gasteiger partial charge in [0.15, 0.2) is 0 Å². The number of nitrogens with zero attached hydrogens (tertiary/aromatic N) is 2. The first-order valence-corrected chi connectivity index (χ1v) is 7.59. The fourth-order valence-electron chi connectivity index (χ4n) is 3.47. The van der Waals surface area contributed by atoms with E-state index in [-0.39, 0.29) is 30.7 Å². The van der Waals surface area contributed by atoms with Crippen molar-refractivity contribution >= 4 is 17.7 Å². The molecule has 23 heavy (non-hydrogen) atoms. The van der Waals surface area contributed by atoms with Crippen molar-refractivity contribution in [2.45, 2.75) is 18.1 Å². The van der Waals surface area contributed by atoms with Crippen LogP contribution >= 0.6 is 11.8 Å². The molecule has 4 nitrogen and oxygen atoms in total. The Kier molecular flexibility index (Phi) is 4.29. The zero-order chi connectivity index (χ0) is 16.8. The van der Waals surface area contributed by atoms with Gasteiger partial charge in [0.25, 0.3) is 5.91 Å². The van der Waals surface area contributed by atoms with Crippen molar-refractivity contribution in [2.75, 3.05) is 33.4 Å². The number of hydrogen-bond donors (Lipinski definition) is 0. The Balaban J connectivity index is 2.11. The Hall–Kier alpha value is -1.31. The molecule has 2 atom stereocenters. The van der Waals surface area contributed by atoms with E-state index in [1.165, 1.54) is 22.5 Å². The number of fused-ring (bicyclic) bond motifs is 3. The van der Waals surface area contributed by atoms with Gasteiger partial charge in [-0.3, -0.25) is 4.79 Å². The number of halogens is 4. The first kappa shape index (κ1) is 16.5. The van der Waals surface area contributed by atoms with Crippen LogP contribution in [-0.4, -0.2) is 54.6 Å². The van der Waals surface area contributed by atoms with Crippen molar-refractivity contribution in [1.29, 1.82) is 0 Å². The van der Waals surface area contributed by atoms with Crippen LogP contribution in [0.5, 0.6) is 0 Å². The third-order valence-electron chi connectivity index (χ3n) is 4.46. The topological polar surface area (TPSA) is 32.8 Å². The van der Waals surface area contributed by atoms with Gasteiger partial charge in [-0.25, -0.2) is 4.42 Å². The van der Waals surface area contributed by atoms with E-state index in [1.54, 1.807) is 6.07 Å². The summed E-state index contributed by atoms with van der Waals surface area (Å²) in [5.41, 5.74) is -0.690. The molecule has 1 amide bonds. The average molecular weight is 349 g/mol. The fourth-order valence-corrected chi connectivity index (χ4v) is 3.76. The lowest BCUT2D eigenvalue weighted by atomic mass is 9.82. The van der Waals surface area contributed by atoms with E-state index in [0.29, 0.717) is 18.7 Å². The molecule has 1 saturated heterocycles. The summed E-state index contributed by atoms with van der Waals surface area (Å²) >= 11 is 6.07. The molecular weight excluding hydrogens is 333 g/mol. The summed E-state index contributed by atoms with van der Waals surface area (Å²) < 4.78 is 46.5. The molecule has 126 valence electrons. The highest BCUT2D eigenvalue weighted by Crippen LogP contribution is 2.43. The minimum absolute atomic E-state index is 0.223. The van der Waals surface area contributed by atoms with Gasteiger partial charge in [0.2, 0.25) is 0 Å². The molecule has 0 radical (unpaired) electrons. The summed E-state index contributed by atoms with van der Waals surface area (Å²) in [4.78, 5) is 14.2. The van der Waals surface area contributed by atoms with Gasteiger partial charge in [-0.05, 0) is 23.4 Å². The molecule has 2 heterocycles. The standard InChI is InChI=1S/C15H16ClF3N2O2/c1-23-6-5-21-12-8-20(16)7-10(12)9-3-2-4-11(15(17,18)19)13(9)14(21)22/h2-4,10,12H,5-8H2,1H3/t10-,12+/m1/s1. The number of alkyl halides is 3. The first-order valence-electron chi connectivity index (χ1n) is 7.25. The lowest BCUT2D eigenvalue weighted by Crippen LogP contribution is -2.50. The van der Waals surface area contributed by atoms with E-state index in [2.05, 4.69) is 0 Å².